The number of amides is 1. The first kappa shape index (κ1) is 14.5. The second-order valence-corrected chi connectivity index (χ2v) is 6.29. The molecular weight excluding hydrogens is 292 g/mol. The molecule has 0 aliphatic heterocycles. The Labute approximate surface area is 133 Å². The van der Waals surface area contributed by atoms with Gasteiger partial charge in [0.2, 0.25) is 0 Å². The topological polar surface area (TPSA) is 42.0 Å². The number of carbonyl (C=O) groups is 1. The van der Waals surface area contributed by atoms with Crippen molar-refractivity contribution in [3.05, 3.63) is 76.2 Å². The number of thiazole rings is 1. The molecule has 110 valence electrons. The summed E-state index contributed by atoms with van der Waals surface area (Å²) in [6.07, 6.45) is 1.80. The molecular formula is C18H16N2OS. The van der Waals surface area contributed by atoms with Gasteiger partial charge in [-0.05, 0) is 30.2 Å². The Morgan fingerprint density at radius 2 is 1.73 bits per heavy atom. The summed E-state index contributed by atoms with van der Waals surface area (Å²) < 4.78 is 0. The normalized spacial score (nSPS) is 10.4. The largest absolute Gasteiger partial charge is 0.347 e. The minimum Gasteiger partial charge on any atom is -0.347 e. The van der Waals surface area contributed by atoms with Gasteiger partial charge in [-0.1, -0.05) is 42.5 Å². The highest BCUT2D eigenvalue weighted by Crippen LogP contribution is 2.19. The molecule has 1 heterocycles. The summed E-state index contributed by atoms with van der Waals surface area (Å²) in [7, 11) is 0. The van der Waals surface area contributed by atoms with Crippen molar-refractivity contribution in [2.75, 3.05) is 0 Å². The molecule has 22 heavy (non-hydrogen) atoms. The fourth-order valence-corrected chi connectivity index (χ4v) is 2.94. The minimum atomic E-state index is -0.0642. The van der Waals surface area contributed by atoms with Gasteiger partial charge in [-0.15, -0.1) is 11.3 Å². The van der Waals surface area contributed by atoms with E-state index in [0.29, 0.717) is 12.1 Å². The van der Waals surface area contributed by atoms with Gasteiger partial charge in [-0.25, -0.2) is 4.98 Å². The maximum absolute atomic E-state index is 12.1. The second kappa shape index (κ2) is 6.54. The third-order valence-corrected chi connectivity index (χ3v) is 4.26. The van der Waals surface area contributed by atoms with E-state index in [1.54, 1.807) is 17.5 Å². The van der Waals surface area contributed by atoms with Crippen LogP contribution in [-0.2, 0) is 6.54 Å². The van der Waals surface area contributed by atoms with Gasteiger partial charge in [-0.2, -0.15) is 0 Å². The molecule has 0 saturated carbocycles. The molecule has 0 aliphatic rings. The van der Waals surface area contributed by atoms with Crippen LogP contribution < -0.4 is 5.32 Å². The Morgan fingerprint density at radius 3 is 2.36 bits per heavy atom. The van der Waals surface area contributed by atoms with Gasteiger partial charge >= 0.3 is 0 Å². The summed E-state index contributed by atoms with van der Waals surface area (Å²) in [5.74, 6) is -0.0642. The number of rotatable bonds is 4. The Kier molecular flexibility index (Phi) is 4.30. The number of hydrogen-bond donors (Lipinski definition) is 1. The molecule has 1 amide bonds. The van der Waals surface area contributed by atoms with Crippen molar-refractivity contribution in [1.82, 2.24) is 10.3 Å². The van der Waals surface area contributed by atoms with E-state index in [0.717, 1.165) is 21.0 Å². The molecule has 2 aromatic carbocycles. The van der Waals surface area contributed by atoms with Gasteiger partial charge in [0.15, 0.2) is 0 Å². The van der Waals surface area contributed by atoms with Crippen molar-refractivity contribution >= 4 is 17.2 Å². The summed E-state index contributed by atoms with van der Waals surface area (Å²) in [6, 6.07) is 17.8. The number of nitrogens with one attached hydrogen (secondary N) is 1. The lowest BCUT2D eigenvalue weighted by Crippen LogP contribution is -2.22. The summed E-state index contributed by atoms with van der Waals surface area (Å²) in [4.78, 5) is 17.4. The molecule has 0 radical (unpaired) electrons. The highest BCUT2D eigenvalue weighted by Gasteiger charge is 2.07. The van der Waals surface area contributed by atoms with E-state index in [2.05, 4.69) is 22.4 Å². The smallest absolute Gasteiger partial charge is 0.251 e. The highest BCUT2D eigenvalue weighted by atomic mass is 32.1. The number of hydrogen-bond acceptors (Lipinski definition) is 3. The van der Waals surface area contributed by atoms with E-state index < -0.39 is 0 Å². The van der Waals surface area contributed by atoms with Crippen LogP contribution >= 0.6 is 11.3 Å². The lowest BCUT2D eigenvalue weighted by molar-refractivity contribution is 0.0951. The molecule has 4 heteroatoms. The first-order valence-electron chi connectivity index (χ1n) is 7.07. The van der Waals surface area contributed by atoms with Crippen molar-refractivity contribution in [2.24, 2.45) is 0 Å². The van der Waals surface area contributed by atoms with Crippen LogP contribution in [0.15, 0.2) is 60.8 Å². The van der Waals surface area contributed by atoms with Gasteiger partial charge in [0.25, 0.3) is 5.91 Å². The van der Waals surface area contributed by atoms with Crippen LogP contribution in [0.1, 0.15) is 20.2 Å². The van der Waals surface area contributed by atoms with Crippen LogP contribution in [-0.4, -0.2) is 10.9 Å². The zero-order valence-electron chi connectivity index (χ0n) is 12.2. The molecule has 3 rings (SSSR count). The van der Waals surface area contributed by atoms with Gasteiger partial charge in [-0.3, -0.25) is 4.79 Å². The quantitative estimate of drug-likeness (QED) is 0.790. The highest BCUT2D eigenvalue weighted by molar-refractivity contribution is 7.11. The number of carbonyl (C=O) groups excluding carboxylic acids is 1. The van der Waals surface area contributed by atoms with Gasteiger partial charge < -0.3 is 5.32 Å². The first-order chi connectivity index (χ1) is 10.7. The average Bonchev–Trinajstić information content (AvgIpc) is 2.99. The number of nitrogens with zero attached hydrogens (tertiary/aromatic N) is 1. The Balaban J connectivity index is 1.66. The molecule has 0 aliphatic carbocycles. The SMILES string of the molecule is Cc1ncc(CNC(=O)c2ccc(-c3ccccc3)cc2)s1. The Hall–Kier alpha value is -2.46. The van der Waals surface area contributed by atoms with Crippen molar-refractivity contribution in [1.29, 1.82) is 0 Å². The molecule has 1 aromatic heterocycles. The third-order valence-electron chi connectivity index (χ3n) is 3.35. The predicted octanol–water partition coefficient (Wildman–Crippen LogP) is 4.05. The number of benzene rings is 2. The molecule has 0 spiro atoms. The van der Waals surface area contributed by atoms with Crippen LogP contribution in [0.25, 0.3) is 11.1 Å². The van der Waals surface area contributed by atoms with Crippen molar-refractivity contribution in [3.8, 4) is 11.1 Å². The van der Waals surface area contributed by atoms with Crippen LogP contribution in [0.2, 0.25) is 0 Å². The predicted molar refractivity (Wildman–Crippen MR) is 89.9 cm³/mol. The molecule has 1 N–H and O–H groups in total. The van der Waals surface area contributed by atoms with Gasteiger partial charge in [0, 0.05) is 16.6 Å². The molecule has 0 atom stereocenters. The molecule has 0 saturated heterocycles. The van der Waals surface area contributed by atoms with Gasteiger partial charge in [0.05, 0.1) is 11.6 Å². The minimum absolute atomic E-state index is 0.0642. The van der Waals surface area contributed by atoms with E-state index in [9.17, 15) is 4.79 Å². The van der Waals surface area contributed by atoms with Crippen molar-refractivity contribution < 1.29 is 4.79 Å². The van der Waals surface area contributed by atoms with E-state index >= 15 is 0 Å². The van der Waals surface area contributed by atoms with Crippen molar-refractivity contribution in [2.45, 2.75) is 13.5 Å². The van der Waals surface area contributed by atoms with Crippen LogP contribution in [0.3, 0.4) is 0 Å². The maximum atomic E-state index is 12.1. The zero-order valence-corrected chi connectivity index (χ0v) is 13.1. The maximum Gasteiger partial charge on any atom is 0.251 e. The summed E-state index contributed by atoms with van der Waals surface area (Å²) in [5.41, 5.74) is 2.92. The molecule has 0 fully saturated rings. The van der Waals surface area contributed by atoms with Gasteiger partial charge in [0.1, 0.15) is 0 Å². The first-order valence-corrected chi connectivity index (χ1v) is 7.89. The van der Waals surface area contributed by atoms with E-state index in [-0.39, 0.29) is 5.91 Å². The van der Waals surface area contributed by atoms with Crippen LogP contribution in [0, 0.1) is 6.92 Å². The third kappa shape index (κ3) is 3.40. The standard InChI is InChI=1S/C18H16N2OS/c1-13-19-11-17(22-13)12-20-18(21)16-9-7-15(8-10-16)14-5-3-2-4-6-14/h2-11H,12H2,1H3,(H,20,21). The van der Waals surface area contributed by atoms with Crippen molar-refractivity contribution in [3.63, 3.8) is 0 Å². The van der Waals surface area contributed by atoms with E-state index in [4.69, 9.17) is 0 Å². The molecule has 3 nitrogen and oxygen atoms in total. The molecule has 3 aromatic rings. The van der Waals surface area contributed by atoms with E-state index in [1.165, 1.54) is 0 Å². The summed E-state index contributed by atoms with van der Waals surface area (Å²) >= 11 is 1.60. The fourth-order valence-electron chi connectivity index (χ4n) is 2.20. The van der Waals surface area contributed by atoms with E-state index in [1.807, 2.05) is 49.4 Å². The summed E-state index contributed by atoms with van der Waals surface area (Å²) in [5, 5.41) is 3.93. The Bertz CT molecular complexity index is 763. The molecule has 0 bridgehead atoms. The van der Waals surface area contributed by atoms with Crippen LogP contribution in [0.4, 0.5) is 0 Å². The second-order valence-electron chi connectivity index (χ2n) is 4.97. The Morgan fingerprint density at radius 1 is 1.05 bits per heavy atom. The number of aromatic nitrogens is 1. The van der Waals surface area contributed by atoms with Crippen LogP contribution in [0.5, 0.6) is 0 Å². The lowest BCUT2D eigenvalue weighted by atomic mass is 10.0. The fraction of sp³-hybridized carbons (Fsp3) is 0.111. The molecule has 0 unspecified atom stereocenters. The monoisotopic (exact) mass is 308 g/mol. The lowest BCUT2D eigenvalue weighted by Gasteiger charge is -2.05. The summed E-state index contributed by atoms with van der Waals surface area (Å²) in [6.45, 7) is 2.48. The number of aryl methyl sites for hydroxylation is 1. The zero-order chi connectivity index (χ0) is 15.4. The average molecular weight is 308 g/mol.